The van der Waals surface area contributed by atoms with E-state index in [-0.39, 0.29) is 6.54 Å². The van der Waals surface area contributed by atoms with Crippen molar-refractivity contribution in [3.63, 3.8) is 0 Å². The van der Waals surface area contributed by atoms with Gasteiger partial charge in [-0.2, -0.15) is 5.26 Å². The number of carbonyl (C=O) groups excluding carboxylic acids is 2. The van der Waals surface area contributed by atoms with Gasteiger partial charge >= 0.3 is 5.97 Å². The summed E-state index contributed by atoms with van der Waals surface area (Å²) >= 11 is 0. The number of hydrogen-bond donors (Lipinski definition) is 0. The van der Waals surface area contributed by atoms with E-state index in [0.29, 0.717) is 5.69 Å². The lowest BCUT2D eigenvalue weighted by Crippen LogP contribution is -2.35. The third-order valence-electron chi connectivity index (χ3n) is 4.44. The van der Waals surface area contributed by atoms with Crippen molar-refractivity contribution >= 4 is 17.6 Å². The Hall–Kier alpha value is -3.91. The van der Waals surface area contributed by atoms with Crippen molar-refractivity contribution in [1.29, 1.82) is 5.26 Å². The summed E-state index contributed by atoms with van der Waals surface area (Å²) in [5.41, 5.74) is 2.15. The smallest absolute Gasteiger partial charge is 0.318 e. The molecule has 5 heteroatoms. The Bertz CT molecular complexity index is 943. The van der Waals surface area contributed by atoms with E-state index < -0.39 is 24.4 Å². The summed E-state index contributed by atoms with van der Waals surface area (Å²) in [6, 6.07) is 29.4. The second-order valence-electron chi connectivity index (χ2n) is 6.34. The fourth-order valence-corrected chi connectivity index (χ4v) is 3.05. The number of ether oxygens (including phenoxy) is 1. The Kier molecular flexibility index (Phi) is 6.75. The number of esters is 1. The van der Waals surface area contributed by atoms with Crippen molar-refractivity contribution < 1.29 is 14.3 Å². The summed E-state index contributed by atoms with van der Waals surface area (Å²) in [5, 5.41) is 9.06. The minimum Gasteiger partial charge on any atom is -0.455 e. The van der Waals surface area contributed by atoms with Gasteiger partial charge in [-0.25, -0.2) is 0 Å². The van der Waals surface area contributed by atoms with Crippen LogP contribution in [0, 0.1) is 11.3 Å². The van der Waals surface area contributed by atoms with E-state index in [2.05, 4.69) is 0 Å². The number of benzene rings is 3. The maximum atomic E-state index is 12.9. The van der Waals surface area contributed by atoms with Crippen molar-refractivity contribution in [2.45, 2.75) is 5.92 Å². The van der Waals surface area contributed by atoms with E-state index in [9.17, 15) is 9.59 Å². The minimum atomic E-state index is -0.633. The van der Waals surface area contributed by atoms with Gasteiger partial charge in [0.2, 0.25) is 0 Å². The number of carbonyl (C=O) groups is 2. The predicted molar refractivity (Wildman–Crippen MR) is 110 cm³/mol. The zero-order chi connectivity index (χ0) is 20.5. The lowest BCUT2D eigenvalue weighted by molar-refractivity contribution is -0.148. The standard InChI is InChI=1S/C24H20N2O3/c25-16-17-26(21-14-8-3-9-15-21)22(27)18-29-24(28)23(19-10-4-1-5-11-19)20-12-6-2-7-13-20/h1-15,23H,17-18H2. The molecular weight excluding hydrogens is 364 g/mol. The summed E-state index contributed by atoms with van der Waals surface area (Å²) in [6.45, 7) is -0.563. The summed E-state index contributed by atoms with van der Waals surface area (Å²) < 4.78 is 5.38. The van der Waals surface area contributed by atoms with Crippen LogP contribution in [-0.4, -0.2) is 25.0 Å². The number of nitriles is 1. The van der Waals surface area contributed by atoms with Crippen molar-refractivity contribution in [3.8, 4) is 6.07 Å². The first-order valence-corrected chi connectivity index (χ1v) is 9.19. The van der Waals surface area contributed by atoms with Crippen LogP contribution in [0.5, 0.6) is 0 Å². The average molecular weight is 384 g/mol. The van der Waals surface area contributed by atoms with E-state index in [4.69, 9.17) is 10.00 Å². The molecular formula is C24H20N2O3. The Morgan fingerprint density at radius 1 is 0.828 bits per heavy atom. The third-order valence-corrected chi connectivity index (χ3v) is 4.44. The first kappa shape index (κ1) is 19.8. The highest BCUT2D eigenvalue weighted by Gasteiger charge is 2.26. The van der Waals surface area contributed by atoms with Gasteiger partial charge in [-0.3, -0.25) is 14.5 Å². The fourth-order valence-electron chi connectivity index (χ4n) is 3.05. The van der Waals surface area contributed by atoms with E-state index in [1.54, 1.807) is 24.3 Å². The number of anilines is 1. The molecule has 0 aliphatic carbocycles. The number of amides is 1. The van der Waals surface area contributed by atoms with Crippen LogP contribution in [0.4, 0.5) is 5.69 Å². The lowest BCUT2D eigenvalue weighted by Gasteiger charge is -2.21. The van der Waals surface area contributed by atoms with Crippen molar-refractivity contribution in [2.75, 3.05) is 18.1 Å². The molecule has 0 fully saturated rings. The number of para-hydroxylation sites is 1. The van der Waals surface area contributed by atoms with Gasteiger partial charge in [-0.05, 0) is 23.3 Å². The molecule has 0 unspecified atom stereocenters. The second kappa shape index (κ2) is 9.86. The molecule has 0 aliphatic heterocycles. The van der Waals surface area contributed by atoms with Gasteiger partial charge in [-0.1, -0.05) is 78.9 Å². The topological polar surface area (TPSA) is 70.4 Å². The van der Waals surface area contributed by atoms with Crippen molar-refractivity contribution in [1.82, 2.24) is 0 Å². The molecule has 3 aromatic carbocycles. The second-order valence-corrected chi connectivity index (χ2v) is 6.34. The average Bonchev–Trinajstić information content (AvgIpc) is 2.78. The quantitative estimate of drug-likeness (QED) is 0.457. The highest BCUT2D eigenvalue weighted by atomic mass is 16.5. The molecule has 5 nitrogen and oxygen atoms in total. The number of hydrogen-bond acceptors (Lipinski definition) is 4. The Morgan fingerprint density at radius 3 is 1.79 bits per heavy atom. The van der Waals surface area contributed by atoms with Gasteiger partial charge in [0, 0.05) is 5.69 Å². The first-order chi connectivity index (χ1) is 14.2. The zero-order valence-corrected chi connectivity index (χ0v) is 15.8. The first-order valence-electron chi connectivity index (χ1n) is 9.19. The van der Waals surface area contributed by atoms with Gasteiger partial charge in [-0.15, -0.1) is 0 Å². The molecule has 0 atom stereocenters. The van der Waals surface area contributed by atoms with E-state index in [0.717, 1.165) is 11.1 Å². The molecule has 0 saturated heterocycles. The summed E-state index contributed by atoms with van der Waals surface area (Å²) in [4.78, 5) is 26.8. The lowest BCUT2D eigenvalue weighted by atomic mass is 9.91. The molecule has 29 heavy (non-hydrogen) atoms. The van der Waals surface area contributed by atoms with Crippen LogP contribution in [0.1, 0.15) is 17.0 Å². The molecule has 3 aromatic rings. The Morgan fingerprint density at radius 2 is 1.31 bits per heavy atom. The molecule has 0 heterocycles. The molecule has 144 valence electrons. The highest BCUT2D eigenvalue weighted by Crippen LogP contribution is 2.26. The minimum absolute atomic E-state index is 0.124. The molecule has 0 aliphatic rings. The van der Waals surface area contributed by atoms with Crippen LogP contribution < -0.4 is 4.90 Å². The zero-order valence-electron chi connectivity index (χ0n) is 15.8. The normalized spacial score (nSPS) is 10.2. The van der Waals surface area contributed by atoms with E-state index in [1.165, 1.54) is 4.90 Å². The van der Waals surface area contributed by atoms with Crippen LogP contribution in [-0.2, 0) is 14.3 Å². The maximum Gasteiger partial charge on any atom is 0.318 e. The van der Waals surface area contributed by atoms with E-state index >= 15 is 0 Å². The highest BCUT2D eigenvalue weighted by molar-refractivity contribution is 5.96. The van der Waals surface area contributed by atoms with Crippen molar-refractivity contribution in [2.24, 2.45) is 0 Å². The van der Waals surface area contributed by atoms with Crippen LogP contribution in [0.15, 0.2) is 91.0 Å². The summed E-state index contributed by atoms with van der Waals surface area (Å²) in [5.74, 6) is -1.60. The summed E-state index contributed by atoms with van der Waals surface area (Å²) in [7, 11) is 0. The van der Waals surface area contributed by atoms with Gasteiger partial charge in [0.05, 0.1) is 6.07 Å². The molecule has 0 radical (unpaired) electrons. The Balaban J connectivity index is 1.76. The SMILES string of the molecule is N#CCN(C(=O)COC(=O)C(c1ccccc1)c1ccccc1)c1ccccc1. The van der Waals surface area contributed by atoms with Gasteiger partial charge in [0.15, 0.2) is 6.61 Å². The predicted octanol–water partition coefficient (Wildman–Crippen LogP) is 3.92. The molecule has 3 rings (SSSR count). The third kappa shape index (κ3) is 5.08. The van der Waals surface area contributed by atoms with Crippen LogP contribution in [0.25, 0.3) is 0 Å². The molecule has 0 aromatic heterocycles. The van der Waals surface area contributed by atoms with Gasteiger partial charge in [0.1, 0.15) is 12.5 Å². The van der Waals surface area contributed by atoms with Crippen LogP contribution in [0.3, 0.4) is 0 Å². The number of nitrogens with zero attached hydrogens (tertiary/aromatic N) is 2. The monoisotopic (exact) mass is 384 g/mol. The summed E-state index contributed by atoms with van der Waals surface area (Å²) in [6.07, 6.45) is 0. The Labute approximate surface area is 169 Å². The van der Waals surface area contributed by atoms with E-state index in [1.807, 2.05) is 72.8 Å². The fraction of sp³-hybridized carbons (Fsp3) is 0.125. The van der Waals surface area contributed by atoms with Crippen molar-refractivity contribution in [3.05, 3.63) is 102 Å². The molecule has 0 bridgehead atoms. The number of rotatable bonds is 7. The molecule has 0 saturated carbocycles. The van der Waals surface area contributed by atoms with Crippen LogP contribution in [0.2, 0.25) is 0 Å². The largest absolute Gasteiger partial charge is 0.455 e. The van der Waals surface area contributed by atoms with Gasteiger partial charge in [0.25, 0.3) is 5.91 Å². The molecule has 1 amide bonds. The maximum absolute atomic E-state index is 12.9. The molecule has 0 spiro atoms. The van der Waals surface area contributed by atoms with Gasteiger partial charge < -0.3 is 4.74 Å². The molecule has 0 N–H and O–H groups in total. The van der Waals surface area contributed by atoms with Crippen LogP contribution >= 0.6 is 0 Å².